The Morgan fingerprint density at radius 3 is 2.59 bits per heavy atom. The first-order valence-electron chi connectivity index (χ1n) is 15.9. The Balaban J connectivity index is 1.08. The van der Waals surface area contributed by atoms with Crippen LogP contribution in [0.4, 0.5) is 4.39 Å². The van der Waals surface area contributed by atoms with E-state index in [2.05, 4.69) is 20.8 Å². The van der Waals surface area contributed by atoms with Crippen LogP contribution in [0.25, 0.3) is 16.9 Å². The van der Waals surface area contributed by atoms with Crippen molar-refractivity contribution < 1.29 is 28.1 Å². The van der Waals surface area contributed by atoms with E-state index in [-0.39, 0.29) is 40.4 Å². The smallest absolute Gasteiger partial charge is 0.336 e. The summed E-state index contributed by atoms with van der Waals surface area (Å²) in [6.07, 6.45) is 7.78. The highest BCUT2D eigenvalue weighted by Crippen LogP contribution is 2.67. The van der Waals surface area contributed by atoms with E-state index in [4.69, 9.17) is 24.0 Å². The molecular weight excluding hydrogens is 559 g/mol. The molecule has 0 radical (unpaired) electrons. The van der Waals surface area contributed by atoms with Crippen LogP contribution in [0.1, 0.15) is 64.7 Å². The van der Waals surface area contributed by atoms with Crippen molar-refractivity contribution in [2.75, 3.05) is 13.2 Å². The summed E-state index contributed by atoms with van der Waals surface area (Å²) < 4.78 is 41.6. The predicted molar refractivity (Wildman–Crippen MR) is 161 cm³/mol. The van der Waals surface area contributed by atoms with Crippen molar-refractivity contribution in [3.8, 4) is 16.9 Å². The average molecular weight is 599 g/mol. The SMILES string of the molecule is CC12CC[C@@H]3[C@]4(C)COC(c5cn(-c6ccccc6)nc5-c5cccc(F)c5)O[C@@H]4CC[C@@]3(C)[C@@H]1CC(C1=CCOC1=O)O2. The highest BCUT2D eigenvalue weighted by molar-refractivity contribution is 5.91. The fourth-order valence-electron chi connectivity index (χ4n) is 9.53. The molecule has 1 aromatic heterocycles. The molecule has 4 heterocycles. The van der Waals surface area contributed by atoms with Gasteiger partial charge in [-0.3, -0.25) is 0 Å². The number of fused-ring (bicyclic) bond motifs is 5. The van der Waals surface area contributed by atoms with E-state index in [0.717, 1.165) is 43.4 Å². The number of cyclic esters (lactones) is 1. The zero-order valence-electron chi connectivity index (χ0n) is 25.5. The number of benzene rings is 2. The lowest BCUT2D eigenvalue weighted by Gasteiger charge is -2.64. The molecule has 5 aliphatic rings. The molecule has 0 N–H and O–H groups in total. The maximum atomic E-state index is 14.3. The molecule has 0 amide bonds. The number of hydrogen-bond acceptors (Lipinski definition) is 6. The van der Waals surface area contributed by atoms with Crippen LogP contribution in [0.3, 0.4) is 0 Å². The minimum atomic E-state index is -0.610. The summed E-state index contributed by atoms with van der Waals surface area (Å²) in [6.45, 7) is 7.93. The second-order valence-corrected chi connectivity index (χ2v) is 14.1. The summed E-state index contributed by atoms with van der Waals surface area (Å²) in [4.78, 5) is 12.4. The number of esters is 1. The number of carbonyl (C=O) groups is 1. The van der Waals surface area contributed by atoms with E-state index < -0.39 is 6.29 Å². The maximum absolute atomic E-state index is 14.3. The van der Waals surface area contributed by atoms with E-state index >= 15 is 0 Å². The molecule has 0 spiro atoms. The predicted octanol–water partition coefficient (Wildman–Crippen LogP) is 6.96. The van der Waals surface area contributed by atoms with Gasteiger partial charge in [0.25, 0.3) is 0 Å². The van der Waals surface area contributed by atoms with E-state index in [1.807, 2.05) is 53.4 Å². The molecule has 2 aliphatic carbocycles. The van der Waals surface area contributed by atoms with Gasteiger partial charge in [-0.2, -0.15) is 5.10 Å². The summed E-state index contributed by atoms with van der Waals surface area (Å²) in [5, 5.41) is 4.89. The lowest BCUT2D eigenvalue weighted by atomic mass is 9.44. The number of carbonyl (C=O) groups excluding carboxylic acids is 1. The Kier molecular flexibility index (Phi) is 6.46. The Morgan fingerprint density at radius 2 is 1.82 bits per heavy atom. The summed E-state index contributed by atoms with van der Waals surface area (Å²) in [6, 6.07) is 16.4. The van der Waals surface area contributed by atoms with Gasteiger partial charge in [-0.05, 0) is 86.6 Å². The first-order valence-corrected chi connectivity index (χ1v) is 15.9. The van der Waals surface area contributed by atoms with Crippen LogP contribution >= 0.6 is 0 Å². The van der Waals surface area contributed by atoms with Crippen molar-refractivity contribution in [3.05, 3.63) is 83.8 Å². The molecule has 3 aliphatic heterocycles. The van der Waals surface area contributed by atoms with Gasteiger partial charge in [0.2, 0.25) is 0 Å². The number of nitrogens with zero attached hydrogens (tertiary/aromatic N) is 2. The van der Waals surface area contributed by atoms with Crippen molar-refractivity contribution in [1.29, 1.82) is 0 Å². The van der Waals surface area contributed by atoms with Crippen molar-refractivity contribution in [3.63, 3.8) is 0 Å². The van der Waals surface area contributed by atoms with Gasteiger partial charge < -0.3 is 18.9 Å². The molecule has 2 aromatic carbocycles. The molecular formula is C36H39FN2O5. The molecule has 3 unspecified atom stereocenters. The number of hydrogen-bond donors (Lipinski definition) is 0. The molecule has 8 atom stereocenters. The lowest BCUT2D eigenvalue weighted by molar-refractivity contribution is -0.314. The van der Waals surface area contributed by atoms with Crippen LogP contribution in [-0.4, -0.2) is 46.8 Å². The largest absolute Gasteiger partial charge is 0.458 e. The number of halogens is 1. The average Bonchev–Trinajstić information content (AvgIpc) is 3.74. The molecule has 3 aromatic rings. The van der Waals surface area contributed by atoms with Crippen LogP contribution in [0.15, 0.2) is 72.4 Å². The normalized spacial score (nSPS) is 38.0. The maximum Gasteiger partial charge on any atom is 0.336 e. The Morgan fingerprint density at radius 1 is 0.977 bits per heavy atom. The van der Waals surface area contributed by atoms with Gasteiger partial charge in [-0.25, -0.2) is 13.9 Å². The summed E-state index contributed by atoms with van der Waals surface area (Å²) in [5.41, 5.74) is 3.33. The molecule has 44 heavy (non-hydrogen) atoms. The topological polar surface area (TPSA) is 71.8 Å². The summed E-state index contributed by atoms with van der Waals surface area (Å²) in [5.74, 6) is 0.167. The van der Waals surface area contributed by atoms with Crippen molar-refractivity contribution >= 4 is 5.97 Å². The van der Waals surface area contributed by atoms with E-state index in [1.165, 1.54) is 12.1 Å². The molecule has 2 saturated carbocycles. The Hall–Kier alpha value is -3.33. The first kappa shape index (κ1) is 28.2. The van der Waals surface area contributed by atoms with Crippen molar-refractivity contribution in [2.45, 2.75) is 77.0 Å². The third-order valence-corrected chi connectivity index (χ3v) is 11.6. The minimum absolute atomic E-state index is 0.00903. The number of rotatable bonds is 4. The minimum Gasteiger partial charge on any atom is -0.458 e. The van der Waals surface area contributed by atoms with Crippen LogP contribution in [0, 0.1) is 28.5 Å². The second kappa shape index (κ2) is 10.1. The third-order valence-electron chi connectivity index (χ3n) is 11.6. The number of aromatic nitrogens is 2. The molecule has 8 rings (SSSR count). The highest BCUT2D eigenvalue weighted by atomic mass is 19.1. The summed E-state index contributed by atoms with van der Waals surface area (Å²) in [7, 11) is 0. The van der Waals surface area contributed by atoms with Gasteiger partial charge in [-0.1, -0.05) is 44.2 Å². The third kappa shape index (κ3) is 4.25. The van der Waals surface area contributed by atoms with Gasteiger partial charge in [0, 0.05) is 17.2 Å². The molecule has 230 valence electrons. The second-order valence-electron chi connectivity index (χ2n) is 14.1. The molecule has 8 heteroatoms. The highest BCUT2D eigenvalue weighted by Gasteiger charge is 2.66. The Bertz CT molecular complexity index is 1640. The molecule has 4 fully saturated rings. The lowest BCUT2D eigenvalue weighted by Crippen LogP contribution is -2.63. The summed E-state index contributed by atoms with van der Waals surface area (Å²) >= 11 is 0. The van der Waals surface area contributed by atoms with Gasteiger partial charge in [0.15, 0.2) is 6.29 Å². The van der Waals surface area contributed by atoms with Gasteiger partial charge >= 0.3 is 5.97 Å². The monoisotopic (exact) mass is 598 g/mol. The number of ether oxygens (including phenoxy) is 4. The standard InChI is InChI=1S/C36H39FN2O5/c1-34-15-13-30-35(2,28(34)12-16-36(3)29(34)19-27(44-36)25-14-17-41-32(25)40)21-42-33(43-30)26-20-39(24-10-5-4-6-11-24)38-31(26)22-8-7-9-23(37)18-22/h4-11,14,18,20,27-30,33H,12-13,15-17,19,21H2,1-3H3/t27?,28-,29-,30+,33?,34+,35-,36?/m0/s1. The van der Waals surface area contributed by atoms with Gasteiger partial charge in [0.05, 0.1) is 41.2 Å². The molecule has 0 bridgehead atoms. The molecule has 2 saturated heterocycles. The van der Waals surface area contributed by atoms with E-state index in [1.54, 1.807) is 6.07 Å². The first-order chi connectivity index (χ1) is 21.2. The zero-order chi connectivity index (χ0) is 30.3. The molecule has 7 nitrogen and oxygen atoms in total. The van der Waals surface area contributed by atoms with Crippen molar-refractivity contribution in [1.82, 2.24) is 9.78 Å². The fourth-order valence-corrected chi connectivity index (χ4v) is 9.53. The quantitative estimate of drug-likeness (QED) is 0.303. The van der Waals surface area contributed by atoms with Gasteiger partial charge in [-0.15, -0.1) is 0 Å². The van der Waals surface area contributed by atoms with E-state index in [0.29, 0.717) is 41.9 Å². The number of para-hydroxylation sites is 1. The van der Waals surface area contributed by atoms with Gasteiger partial charge in [0.1, 0.15) is 18.1 Å². The van der Waals surface area contributed by atoms with Crippen LogP contribution in [-0.2, 0) is 23.7 Å². The van der Waals surface area contributed by atoms with Crippen molar-refractivity contribution in [2.24, 2.45) is 22.7 Å². The van der Waals surface area contributed by atoms with Crippen LogP contribution < -0.4 is 0 Å². The zero-order valence-corrected chi connectivity index (χ0v) is 25.5. The van der Waals surface area contributed by atoms with Crippen LogP contribution in [0.2, 0.25) is 0 Å². The Labute approximate surface area is 257 Å². The van der Waals surface area contributed by atoms with Crippen LogP contribution in [0.5, 0.6) is 0 Å². The van der Waals surface area contributed by atoms with E-state index in [9.17, 15) is 9.18 Å². The fraction of sp³-hybridized carbons (Fsp3) is 0.500.